The maximum Gasteiger partial charge on any atom is 0.265 e. The first kappa shape index (κ1) is 21.9. The van der Waals surface area contributed by atoms with Gasteiger partial charge in [-0.25, -0.2) is 0 Å². The molecule has 0 N–H and O–H groups in total. The third-order valence-corrected chi connectivity index (χ3v) is 6.94. The summed E-state index contributed by atoms with van der Waals surface area (Å²) in [5.74, 6) is 1.16. The zero-order valence-corrected chi connectivity index (χ0v) is 20.3. The number of hydrogen-bond donors (Lipinski definition) is 0. The topological polar surface area (TPSA) is 38.8 Å². The Labute approximate surface area is 199 Å². The molecule has 0 spiro atoms. The highest BCUT2D eigenvalue weighted by molar-refractivity contribution is 9.10. The first-order valence-electron chi connectivity index (χ1n) is 9.75. The molecule has 158 valence electrons. The first-order valence-corrected chi connectivity index (χ1v) is 11.8. The molecule has 0 atom stereocenters. The Balaban J connectivity index is 1.64. The van der Waals surface area contributed by atoms with Crippen molar-refractivity contribution in [1.82, 2.24) is 4.90 Å². The molecule has 0 aliphatic carbocycles. The minimum Gasteiger partial charge on any atom is -0.490 e. The highest BCUT2D eigenvalue weighted by Gasteiger charge is 2.28. The molecule has 1 aliphatic heterocycles. The van der Waals surface area contributed by atoms with E-state index in [9.17, 15) is 4.79 Å². The van der Waals surface area contributed by atoms with Crippen LogP contribution >= 0.6 is 39.9 Å². The minimum atomic E-state index is -0.0969. The van der Waals surface area contributed by atoms with Gasteiger partial charge in [0.15, 0.2) is 11.5 Å². The van der Waals surface area contributed by atoms with Crippen LogP contribution in [0.2, 0.25) is 0 Å². The molecular formula is C24H20BrNO3S2. The van der Waals surface area contributed by atoms with Crippen molar-refractivity contribution < 1.29 is 14.3 Å². The van der Waals surface area contributed by atoms with Crippen LogP contribution in [0.25, 0.3) is 16.8 Å². The van der Waals surface area contributed by atoms with Gasteiger partial charge in [0.2, 0.25) is 0 Å². The molecule has 1 aliphatic rings. The van der Waals surface area contributed by atoms with E-state index >= 15 is 0 Å². The molecule has 3 aromatic rings. The maximum atomic E-state index is 12.3. The third-order valence-electron chi connectivity index (χ3n) is 4.87. The highest BCUT2D eigenvalue weighted by atomic mass is 79.9. The van der Waals surface area contributed by atoms with Gasteiger partial charge in [-0.3, -0.25) is 9.69 Å². The molecule has 4 rings (SSSR count). The minimum absolute atomic E-state index is 0.0969. The van der Waals surface area contributed by atoms with Crippen LogP contribution in [0.1, 0.15) is 18.1 Å². The molecule has 1 heterocycles. The van der Waals surface area contributed by atoms with Crippen LogP contribution in [0.4, 0.5) is 0 Å². The Morgan fingerprint density at radius 1 is 1.13 bits per heavy atom. The standard InChI is InChI=1S/C24H20BrNO3S2/c1-3-28-20-12-15(13-21-23(27)26(2)24(30)31-21)11-19(25)22(20)29-14-17-9-6-8-16-7-4-5-10-18(16)17/h4-13H,3,14H2,1-2H3/b21-13-. The van der Waals surface area contributed by atoms with Crippen molar-refractivity contribution in [3.05, 3.63) is 75.1 Å². The summed E-state index contributed by atoms with van der Waals surface area (Å²) in [5, 5.41) is 2.34. The van der Waals surface area contributed by atoms with E-state index in [1.807, 2.05) is 43.3 Å². The third kappa shape index (κ3) is 4.63. The van der Waals surface area contributed by atoms with Crippen LogP contribution in [0.15, 0.2) is 64.0 Å². The summed E-state index contributed by atoms with van der Waals surface area (Å²) in [6.07, 6.45) is 1.82. The molecule has 1 saturated heterocycles. The van der Waals surface area contributed by atoms with E-state index < -0.39 is 0 Å². The number of rotatable bonds is 6. The smallest absolute Gasteiger partial charge is 0.265 e. The van der Waals surface area contributed by atoms with E-state index in [1.54, 1.807) is 7.05 Å². The fourth-order valence-corrected chi connectivity index (χ4v) is 5.09. The van der Waals surface area contributed by atoms with Crippen LogP contribution in [0, 0.1) is 0 Å². The fraction of sp³-hybridized carbons (Fsp3) is 0.167. The van der Waals surface area contributed by atoms with Gasteiger partial charge in [0.1, 0.15) is 10.9 Å². The second-order valence-corrected chi connectivity index (χ2v) is 9.46. The molecule has 31 heavy (non-hydrogen) atoms. The van der Waals surface area contributed by atoms with E-state index in [2.05, 4.69) is 40.2 Å². The van der Waals surface area contributed by atoms with Gasteiger partial charge < -0.3 is 9.47 Å². The lowest BCUT2D eigenvalue weighted by molar-refractivity contribution is -0.121. The number of hydrogen-bond acceptors (Lipinski definition) is 5. The van der Waals surface area contributed by atoms with E-state index in [-0.39, 0.29) is 5.91 Å². The van der Waals surface area contributed by atoms with Crippen LogP contribution < -0.4 is 9.47 Å². The molecule has 0 unspecified atom stereocenters. The van der Waals surface area contributed by atoms with Gasteiger partial charge in [-0.15, -0.1) is 0 Å². The number of amides is 1. The van der Waals surface area contributed by atoms with Gasteiger partial charge in [0.05, 0.1) is 16.0 Å². The molecule has 4 nitrogen and oxygen atoms in total. The zero-order chi connectivity index (χ0) is 22.0. The van der Waals surface area contributed by atoms with Crippen molar-refractivity contribution in [2.45, 2.75) is 13.5 Å². The number of halogens is 1. The molecule has 7 heteroatoms. The highest BCUT2D eigenvalue weighted by Crippen LogP contribution is 2.39. The van der Waals surface area contributed by atoms with Gasteiger partial charge in [0.25, 0.3) is 5.91 Å². The summed E-state index contributed by atoms with van der Waals surface area (Å²) in [6, 6.07) is 18.2. The second-order valence-electron chi connectivity index (χ2n) is 6.93. The Kier molecular flexibility index (Phi) is 6.65. The number of fused-ring (bicyclic) bond motifs is 1. The normalized spacial score (nSPS) is 15.2. The summed E-state index contributed by atoms with van der Waals surface area (Å²) >= 11 is 10.1. The van der Waals surface area contributed by atoms with Crippen LogP contribution in [-0.4, -0.2) is 28.8 Å². The van der Waals surface area contributed by atoms with Gasteiger partial charge in [-0.2, -0.15) is 0 Å². The number of ether oxygens (including phenoxy) is 2. The molecule has 1 amide bonds. The molecule has 0 radical (unpaired) electrons. The summed E-state index contributed by atoms with van der Waals surface area (Å²) < 4.78 is 13.4. The Morgan fingerprint density at radius 2 is 1.90 bits per heavy atom. The average Bonchev–Trinajstić information content (AvgIpc) is 3.00. The van der Waals surface area contributed by atoms with Crippen molar-refractivity contribution in [3.8, 4) is 11.5 Å². The Morgan fingerprint density at radius 3 is 2.65 bits per heavy atom. The fourth-order valence-electron chi connectivity index (χ4n) is 3.34. The lowest BCUT2D eigenvalue weighted by Crippen LogP contribution is -2.22. The van der Waals surface area contributed by atoms with E-state index in [0.29, 0.717) is 33.9 Å². The van der Waals surface area contributed by atoms with Crippen molar-refractivity contribution in [3.63, 3.8) is 0 Å². The monoisotopic (exact) mass is 513 g/mol. The predicted molar refractivity (Wildman–Crippen MR) is 135 cm³/mol. The largest absolute Gasteiger partial charge is 0.490 e. The number of nitrogens with zero attached hydrogens (tertiary/aromatic N) is 1. The summed E-state index contributed by atoms with van der Waals surface area (Å²) in [6.45, 7) is 2.84. The van der Waals surface area contributed by atoms with Gasteiger partial charge in [-0.05, 0) is 63.0 Å². The SMILES string of the molecule is CCOc1cc(/C=C2\SC(=S)N(C)C2=O)cc(Br)c1OCc1cccc2ccccc12. The lowest BCUT2D eigenvalue weighted by Gasteiger charge is -2.16. The number of benzene rings is 3. The maximum absolute atomic E-state index is 12.3. The zero-order valence-electron chi connectivity index (χ0n) is 17.1. The van der Waals surface area contributed by atoms with Crippen molar-refractivity contribution >= 4 is 67.0 Å². The number of carbonyl (C=O) groups is 1. The second kappa shape index (κ2) is 9.42. The molecule has 3 aromatic carbocycles. The Hall–Kier alpha value is -2.35. The summed E-state index contributed by atoms with van der Waals surface area (Å²) in [7, 11) is 1.68. The molecule has 0 aromatic heterocycles. The Bertz CT molecular complexity index is 1200. The van der Waals surface area contributed by atoms with Gasteiger partial charge in [-0.1, -0.05) is 66.4 Å². The van der Waals surface area contributed by atoms with Crippen LogP contribution in [0.3, 0.4) is 0 Å². The number of thiocarbonyl (C=S) groups is 1. The summed E-state index contributed by atoms with van der Waals surface area (Å²) in [5.41, 5.74) is 1.94. The van der Waals surface area contributed by atoms with E-state index in [4.69, 9.17) is 21.7 Å². The first-order chi connectivity index (χ1) is 15.0. The number of thioether (sulfide) groups is 1. The lowest BCUT2D eigenvalue weighted by atomic mass is 10.1. The van der Waals surface area contributed by atoms with Crippen molar-refractivity contribution in [2.75, 3.05) is 13.7 Å². The van der Waals surface area contributed by atoms with Crippen molar-refractivity contribution in [1.29, 1.82) is 0 Å². The molecular weight excluding hydrogens is 494 g/mol. The molecule has 0 saturated carbocycles. The number of carbonyl (C=O) groups excluding carboxylic acids is 1. The van der Waals surface area contributed by atoms with E-state index in [0.717, 1.165) is 21.0 Å². The van der Waals surface area contributed by atoms with Crippen LogP contribution in [-0.2, 0) is 11.4 Å². The van der Waals surface area contributed by atoms with Crippen molar-refractivity contribution in [2.24, 2.45) is 0 Å². The van der Waals surface area contributed by atoms with Gasteiger partial charge in [0, 0.05) is 7.05 Å². The average molecular weight is 514 g/mol. The quantitative estimate of drug-likeness (QED) is 0.281. The van der Waals surface area contributed by atoms with E-state index in [1.165, 1.54) is 22.0 Å². The molecule has 0 bridgehead atoms. The molecule has 1 fully saturated rings. The number of likely N-dealkylation sites (N-methyl/N-ethyl adjacent to an activating group) is 1. The van der Waals surface area contributed by atoms with Gasteiger partial charge >= 0.3 is 0 Å². The predicted octanol–water partition coefficient (Wildman–Crippen LogP) is 6.41. The van der Waals surface area contributed by atoms with Crippen LogP contribution in [0.5, 0.6) is 11.5 Å². The summed E-state index contributed by atoms with van der Waals surface area (Å²) in [4.78, 5) is 14.4.